The molecule has 2 saturated heterocycles. The fraction of sp³-hybridized carbons (Fsp3) is 1.00. The zero-order valence-electron chi connectivity index (χ0n) is 11.3. The predicted molar refractivity (Wildman–Crippen MR) is 69.3 cm³/mol. The molecule has 3 heteroatoms. The summed E-state index contributed by atoms with van der Waals surface area (Å²) in [6.45, 7) is 7.37. The van der Waals surface area contributed by atoms with Gasteiger partial charge in [0.1, 0.15) is 0 Å². The van der Waals surface area contributed by atoms with E-state index in [1.807, 2.05) is 0 Å². The van der Waals surface area contributed by atoms with E-state index in [1.54, 1.807) is 0 Å². The van der Waals surface area contributed by atoms with Crippen molar-refractivity contribution < 1.29 is 9.47 Å². The molecule has 2 unspecified atom stereocenters. The summed E-state index contributed by atoms with van der Waals surface area (Å²) in [7, 11) is 0. The van der Waals surface area contributed by atoms with Gasteiger partial charge in [-0.1, -0.05) is 13.8 Å². The van der Waals surface area contributed by atoms with Crippen LogP contribution in [-0.2, 0) is 9.47 Å². The van der Waals surface area contributed by atoms with Crippen molar-refractivity contribution in [2.45, 2.75) is 70.1 Å². The fourth-order valence-corrected chi connectivity index (χ4v) is 3.05. The zero-order chi connectivity index (χ0) is 12.1. The van der Waals surface area contributed by atoms with Gasteiger partial charge in [-0.3, -0.25) is 0 Å². The van der Waals surface area contributed by atoms with E-state index in [4.69, 9.17) is 9.47 Å². The molecule has 0 saturated carbocycles. The topological polar surface area (TPSA) is 30.5 Å². The summed E-state index contributed by atoms with van der Waals surface area (Å²) in [6.07, 6.45) is 7.47. The van der Waals surface area contributed by atoms with Crippen LogP contribution in [0.4, 0.5) is 0 Å². The SMILES string of the molecule is CCC1(CC)CC(NCC2CCCO2)CCO1. The van der Waals surface area contributed by atoms with Gasteiger partial charge >= 0.3 is 0 Å². The molecule has 0 spiro atoms. The maximum atomic E-state index is 5.99. The first kappa shape index (κ1) is 13.3. The van der Waals surface area contributed by atoms with Crippen LogP contribution >= 0.6 is 0 Å². The van der Waals surface area contributed by atoms with Crippen molar-refractivity contribution in [3.05, 3.63) is 0 Å². The molecule has 2 rings (SSSR count). The lowest BCUT2D eigenvalue weighted by molar-refractivity contribution is -0.0938. The molecule has 2 fully saturated rings. The van der Waals surface area contributed by atoms with Gasteiger partial charge in [0, 0.05) is 25.8 Å². The average Bonchev–Trinajstić information content (AvgIpc) is 2.90. The van der Waals surface area contributed by atoms with Crippen LogP contribution in [0.5, 0.6) is 0 Å². The number of hydrogen-bond acceptors (Lipinski definition) is 3. The Balaban J connectivity index is 1.76. The van der Waals surface area contributed by atoms with Crippen molar-refractivity contribution in [3.8, 4) is 0 Å². The van der Waals surface area contributed by atoms with Crippen molar-refractivity contribution >= 4 is 0 Å². The first-order chi connectivity index (χ1) is 8.28. The molecule has 2 aliphatic heterocycles. The monoisotopic (exact) mass is 241 g/mol. The molecule has 17 heavy (non-hydrogen) atoms. The van der Waals surface area contributed by atoms with Crippen LogP contribution in [0.1, 0.15) is 52.4 Å². The molecule has 2 aliphatic rings. The number of hydrogen-bond donors (Lipinski definition) is 1. The highest BCUT2D eigenvalue weighted by molar-refractivity contribution is 4.88. The maximum absolute atomic E-state index is 5.99. The summed E-state index contributed by atoms with van der Waals surface area (Å²) in [5.74, 6) is 0. The van der Waals surface area contributed by atoms with Crippen LogP contribution in [0, 0.1) is 0 Å². The van der Waals surface area contributed by atoms with Gasteiger partial charge in [0.05, 0.1) is 11.7 Å². The van der Waals surface area contributed by atoms with E-state index in [2.05, 4.69) is 19.2 Å². The fourth-order valence-electron chi connectivity index (χ4n) is 3.05. The van der Waals surface area contributed by atoms with E-state index >= 15 is 0 Å². The van der Waals surface area contributed by atoms with Gasteiger partial charge in [0.25, 0.3) is 0 Å². The second kappa shape index (κ2) is 6.17. The lowest BCUT2D eigenvalue weighted by Crippen LogP contribution is -2.48. The quantitative estimate of drug-likeness (QED) is 0.802. The summed E-state index contributed by atoms with van der Waals surface area (Å²) in [5.41, 5.74) is 0.131. The molecule has 3 nitrogen and oxygen atoms in total. The Morgan fingerprint density at radius 2 is 2.00 bits per heavy atom. The molecule has 0 aromatic carbocycles. The second-order valence-electron chi connectivity index (χ2n) is 5.47. The molecule has 0 radical (unpaired) electrons. The molecular weight excluding hydrogens is 214 g/mol. The summed E-state index contributed by atoms with van der Waals surface area (Å²) in [5, 5.41) is 3.68. The molecule has 2 heterocycles. The maximum Gasteiger partial charge on any atom is 0.0700 e. The molecule has 0 aromatic heterocycles. The minimum Gasteiger partial charge on any atom is -0.377 e. The minimum atomic E-state index is 0.131. The Hall–Kier alpha value is -0.120. The van der Waals surface area contributed by atoms with Gasteiger partial charge < -0.3 is 14.8 Å². The second-order valence-corrected chi connectivity index (χ2v) is 5.47. The predicted octanol–water partition coefficient (Wildman–Crippen LogP) is 2.49. The molecule has 0 aromatic rings. The van der Waals surface area contributed by atoms with Gasteiger partial charge in [-0.15, -0.1) is 0 Å². The molecule has 0 amide bonds. The number of ether oxygens (including phenoxy) is 2. The Labute approximate surface area is 105 Å². The first-order valence-corrected chi connectivity index (χ1v) is 7.27. The van der Waals surface area contributed by atoms with E-state index in [0.717, 1.165) is 45.4 Å². The summed E-state index contributed by atoms with van der Waals surface area (Å²) < 4.78 is 11.6. The van der Waals surface area contributed by atoms with E-state index in [1.165, 1.54) is 12.8 Å². The van der Waals surface area contributed by atoms with Crippen LogP contribution in [0.15, 0.2) is 0 Å². The summed E-state index contributed by atoms with van der Waals surface area (Å²) >= 11 is 0. The summed E-state index contributed by atoms with van der Waals surface area (Å²) in [4.78, 5) is 0. The molecule has 1 N–H and O–H groups in total. The van der Waals surface area contributed by atoms with E-state index < -0.39 is 0 Å². The largest absolute Gasteiger partial charge is 0.377 e. The smallest absolute Gasteiger partial charge is 0.0700 e. The molecule has 0 aliphatic carbocycles. The number of rotatable bonds is 5. The van der Waals surface area contributed by atoms with Crippen LogP contribution in [0.2, 0.25) is 0 Å². The van der Waals surface area contributed by atoms with Crippen LogP contribution < -0.4 is 5.32 Å². The molecule has 2 atom stereocenters. The Morgan fingerprint density at radius 3 is 2.65 bits per heavy atom. The number of nitrogens with one attached hydrogen (secondary N) is 1. The van der Waals surface area contributed by atoms with Crippen LogP contribution in [0.25, 0.3) is 0 Å². The lowest BCUT2D eigenvalue weighted by Gasteiger charge is -2.40. The normalized spacial score (nSPS) is 32.8. The van der Waals surface area contributed by atoms with Crippen molar-refractivity contribution in [2.24, 2.45) is 0 Å². The van der Waals surface area contributed by atoms with E-state index in [-0.39, 0.29) is 5.60 Å². The summed E-state index contributed by atoms with van der Waals surface area (Å²) in [6, 6.07) is 0.618. The van der Waals surface area contributed by atoms with E-state index in [9.17, 15) is 0 Å². The van der Waals surface area contributed by atoms with Gasteiger partial charge in [-0.25, -0.2) is 0 Å². The third-order valence-electron chi connectivity index (χ3n) is 4.44. The molecule has 100 valence electrons. The Bertz CT molecular complexity index is 222. The highest BCUT2D eigenvalue weighted by Crippen LogP contribution is 2.31. The van der Waals surface area contributed by atoms with Crippen molar-refractivity contribution in [3.63, 3.8) is 0 Å². The third kappa shape index (κ3) is 3.43. The van der Waals surface area contributed by atoms with Gasteiger partial charge in [0.15, 0.2) is 0 Å². The van der Waals surface area contributed by atoms with E-state index in [0.29, 0.717) is 12.1 Å². The lowest BCUT2D eigenvalue weighted by atomic mass is 9.86. The third-order valence-corrected chi connectivity index (χ3v) is 4.44. The average molecular weight is 241 g/mol. The van der Waals surface area contributed by atoms with Crippen LogP contribution in [-0.4, -0.2) is 37.5 Å². The zero-order valence-corrected chi connectivity index (χ0v) is 11.3. The highest BCUT2D eigenvalue weighted by atomic mass is 16.5. The van der Waals surface area contributed by atoms with Crippen molar-refractivity contribution in [1.82, 2.24) is 5.32 Å². The minimum absolute atomic E-state index is 0.131. The van der Waals surface area contributed by atoms with Crippen molar-refractivity contribution in [2.75, 3.05) is 19.8 Å². The van der Waals surface area contributed by atoms with Crippen molar-refractivity contribution in [1.29, 1.82) is 0 Å². The standard InChI is InChI=1S/C14H27NO2/c1-3-14(4-2)10-12(7-9-17-14)15-11-13-6-5-8-16-13/h12-13,15H,3-11H2,1-2H3. The van der Waals surface area contributed by atoms with Gasteiger partial charge in [-0.2, -0.15) is 0 Å². The van der Waals surface area contributed by atoms with Gasteiger partial charge in [-0.05, 0) is 38.5 Å². The highest BCUT2D eigenvalue weighted by Gasteiger charge is 2.34. The first-order valence-electron chi connectivity index (χ1n) is 7.27. The Morgan fingerprint density at radius 1 is 1.18 bits per heavy atom. The molecular formula is C14H27NO2. The van der Waals surface area contributed by atoms with Gasteiger partial charge in [0.2, 0.25) is 0 Å². The molecule has 0 bridgehead atoms. The Kier molecular flexibility index (Phi) is 4.83. The van der Waals surface area contributed by atoms with Crippen LogP contribution in [0.3, 0.4) is 0 Å².